The molecule has 0 aliphatic rings. The molecule has 0 saturated carbocycles. The first-order valence-corrected chi connectivity index (χ1v) is 0. The van der Waals surface area contributed by atoms with E-state index in [-0.39, 0.29) is 123 Å². The average Bonchev–Trinajstić information content (AvgIpc) is 0. The molecule has 0 aliphatic heterocycles. The Morgan fingerprint density at radius 3 is 1.00 bits per heavy atom. The second-order valence-electron chi connectivity index (χ2n) is 0. The number of hydrogen-bond acceptors (Lipinski definition) is 0. The standard InChI is InChI=1S/Ba.Fe.Mg.Mn.Ni. The van der Waals surface area contributed by atoms with E-state index >= 15 is 0 Å². The molecule has 0 amide bonds. The van der Waals surface area contributed by atoms with Crippen LogP contribution in [0.15, 0.2) is 0 Å². The first-order valence-electron chi connectivity index (χ1n) is 0. The number of rotatable bonds is 0. The molecule has 0 aromatic carbocycles. The SMILES string of the molecule is [Ba].[Fe].[Mg].[Mn].[Ni]. The Morgan fingerprint density at radius 1 is 1.00 bits per heavy atom. The van der Waals surface area contributed by atoms with Gasteiger partial charge in [0.2, 0.25) is 0 Å². The van der Waals surface area contributed by atoms with Gasteiger partial charge < -0.3 is 0 Å². The van der Waals surface area contributed by atoms with Gasteiger partial charge in [-0.2, -0.15) is 0 Å². The third-order valence-corrected chi connectivity index (χ3v) is 0. The third kappa shape index (κ3) is 18.1. The molecule has 0 heterocycles. The fourth-order valence-corrected chi connectivity index (χ4v) is 0. The molecular formula is BaFeMgMnNi. The molecule has 29 valence electrons. The van der Waals surface area contributed by atoms with E-state index in [9.17, 15) is 0 Å². The zero-order valence-corrected chi connectivity index (χ0v) is 11.6. The van der Waals surface area contributed by atoms with Crippen LogP contribution in [0.4, 0.5) is 0 Å². The summed E-state index contributed by atoms with van der Waals surface area (Å²) in [6, 6.07) is 0. The van der Waals surface area contributed by atoms with Gasteiger partial charge in [0, 0.05) is 123 Å². The van der Waals surface area contributed by atoms with Gasteiger partial charge in [-0.25, -0.2) is 0 Å². The third-order valence-electron chi connectivity index (χ3n) is 0. The fourth-order valence-electron chi connectivity index (χ4n) is 0. The van der Waals surface area contributed by atoms with E-state index in [0.29, 0.717) is 0 Å². The largest absolute Gasteiger partial charge is 0 e. The minimum atomic E-state index is 0. The zero-order valence-electron chi connectivity index (χ0n) is 2.46. The summed E-state index contributed by atoms with van der Waals surface area (Å²) < 4.78 is 0. The summed E-state index contributed by atoms with van der Waals surface area (Å²) in [4.78, 5) is 0. The van der Waals surface area contributed by atoms with Crippen molar-refractivity contribution in [2.45, 2.75) is 0 Å². The van der Waals surface area contributed by atoms with Gasteiger partial charge in [-0.15, -0.1) is 0 Å². The Balaban J connectivity index is 0. The Bertz CT molecular complexity index is 11.6. The molecule has 0 bridgehead atoms. The van der Waals surface area contributed by atoms with E-state index in [2.05, 4.69) is 0 Å². The normalized spacial score (nSPS) is 0. The van der Waals surface area contributed by atoms with Crippen LogP contribution in [0.2, 0.25) is 0 Å². The maximum absolute atomic E-state index is 0. The Kier molecular flexibility index (Phi) is 182. The van der Waals surface area contributed by atoms with Crippen LogP contribution in [-0.2, 0) is 50.6 Å². The second kappa shape index (κ2) is 24.8. The summed E-state index contributed by atoms with van der Waals surface area (Å²) in [6.07, 6.45) is 0. The Morgan fingerprint density at radius 2 is 1.00 bits per heavy atom. The van der Waals surface area contributed by atoms with Crippen molar-refractivity contribution in [2.24, 2.45) is 0 Å². The predicted molar refractivity (Wildman–Crippen MR) is 11.5 cm³/mol. The molecule has 0 saturated heterocycles. The van der Waals surface area contributed by atoms with Crippen LogP contribution in [0.3, 0.4) is 0 Å². The molecule has 0 spiro atoms. The van der Waals surface area contributed by atoms with Gasteiger partial charge in [0.25, 0.3) is 0 Å². The Labute approximate surface area is 119 Å². The molecule has 0 aliphatic carbocycles. The molecule has 0 aromatic heterocycles. The molecule has 0 atom stereocenters. The van der Waals surface area contributed by atoms with Crippen LogP contribution < -0.4 is 0 Å². The van der Waals surface area contributed by atoms with E-state index in [0.717, 1.165) is 0 Å². The maximum Gasteiger partial charge on any atom is 0 e. The van der Waals surface area contributed by atoms with Gasteiger partial charge in [0.15, 0.2) is 0 Å². The molecule has 0 rings (SSSR count). The van der Waals surface area contributed by atoms with E-state index in [4.69, 9.17) is 0 Å². The molecule has 0 unspecified atom stereocenters. The van der Waals surface area contributed by atoms with Gasteiger partial charge in [-0.05, 0) is 0 Å². The van der Waals surface area contributed by atoms with E-state index < -0.39 is 0 Å². The monoisotopic (exact) mass is 331 g/mol. The van der Waals surface area contributed by atoms with E-state index in [1.807, 2.05) is 0 Å². The summed E-state index contributed by atoms with van der Waals surface area (Å²) in [5, 5.41) is 0. The van der Waals surface area contributed by atoms with Crippen LogP contribution in [-0.4, -0.2) is 71.9 Å². The molecule has 0 nitrogen and oxygen atoms in total. The van der Waals surface area contributed by atoms with Crippen molar-refractivity contribution in [3.8, 4) is 0 Å². The van der Waals surface area contributed by atoms with Gasteiger partial charge >= 0.3 is 0 Å². The molecule has 5 heteroatoms. The van der Waals surface area contributed by atoms with Crippen molar-refractivity contribution in [1.29, 1.82) is 0 Å². The van der Waals surface area contributed by atoms with Crippen molar-refractivity contribution in [2.75, 3.05) is 0 Å². The van der Waals surface area contributed by atoms with Gasteiger partial charge in [-0.3, -0.25) is 0 Å². The average molecular weight is 331 g/mol. The topological polar surface area (TPSA) is 0 Å². The van der Waals surface area contributed by atoms with Crippen LogP contribution in [0, 0.1) is 0 Å². The quantitative estimate of drug-likeness (QED) is 0.512. The van der Waals surface area contributed by atoms with Gasteiger partial charge in [-0.1, -0.05) is 0 Å². The first-order chi connectivity index (χ1) is 0. The van der Waals surface area contributed by atoms with E-state index in [1.165, 1.54) is 0 Å². The van der Waals surface area contributed by atoms with E-state index in [1.54, 1.807) is 0 Å². The molecule has 5 heavy (non-hydrogen) atoms. The van der Waals surface area contributed by atoms with Crippen LogP contribution in [0.1, 0.15) is 0 Å². The summed E-state index contributed by atoms with van der Waals surface area (Å²) in [5.74, 6) is 0. The molecule has 0 N–H and O–H groups in total. The smallest absolute Gasteiger partial charge is 0 e. The van der Waals surface area contributed by atoms with Crippen molar-refractivity contribution in [3.63, 3.8) is 0 Å². The summed E-state index contributed by atoms with van der Waals surface area (Å²) >= 11 is 0. The molecule has 0 fully saturated rings. The Hall–Kier alpha value is 3.87. The van der Waals surface area contributed by atoms with Gasteiger partial charge in [0.1, 0.15) is 0 Å². The second-order valence-corrected chi connectivity index (χ2v) is 0. The van der Waals surface area contributed by atoms with Crippen LogP contribution in [0.5, 0.6) is 0 Å². The van der Waals surface area contributed by atoms with Crippen molar-refractivity contribution in [1.82, 2.24) is 0 Å². The molecule has 0 aromatic rings. The predicted octanol–water partition coefficient (Wildman–Crippen LogP) is -0.769. The summed E-state index contributed by atoms with van der Waals surface area (Å²) in [6.45, 7) is 0. The minimum absolute atomic E-state index is 0. The molecular weight excluding hydrogens is 331 g/mol. The zero-order chi connectivity index (χ0) is 0. The van der Waals surface area contributed by atoms with Crippen molar-refractivity contribution >= 4 is 71.9 Å². The van der Waals surface area contributed by atoms with Crippen molar-refractivity contribution in [3.05, 3.63) is 0 Å². The summed E-state index contributed by atoms with van der Waals surface area (Å²) in [7, 11) is 0. The minimum Gasteiger partial charge on any atom is 0 e. The number of hydrogen-bond donors (Lipinski definition) is 0. The fraction of sp³-hybridized carbons (Fsp3) is 0. The van der Waals surface area contributed by atoms with Crippen molar-refractivity contribution < 1.29 is 50.6 Å². The molecule has 5 radical (unpaired) electrons. The van der Waals surface area contributed by atoms with Crippen LogP contribution >= 0.6 is 0 Å². The van der Waals surface area contributed by atoms with Crippen LogP contribution in [0.25, 0.3) is 0 Å². The summed E-state index contributed by atoms with van der Waals surface area (Å²) in [5.41, 5.74) is 0. The maximum atomic E-state index is 0. The van der Waals surface area contributed by atoms with Gasteiger partial charge in [0.05, 0.1) is 0 Å². The first kappa shape index (κ1) is 36.7.